The van der Waals surface area contributed by atoms with Crippen LogP contribution in [0.5, 0.6) is 0 Å². The van der Waals surface area contributed by atoms with Crippen LogP contribution in [0.2, 0.25) is 0 Å². The molecule has 0 saturated carbocycles. The average molecular weight is 157 g/mol. The van der Waals surface area contributed by atoms with Gasteiger partial charge in [-0.25, -0.2) is 0 Å². The highest BCUT2D eigenvalue weighted by molar-refractivity contribution is 5.72. The van der Waals surface area contributed by atoms with Gasteiger partial charge in [-0.2, -0.15) is 0 Å². The minimum Gasteiger partial charge on any atom is -0.434 e. The van der Waals surface area contributed by atoms with Crippen LogP contribution in [0.4, 0.5) is 0 Å². The summed E-state index contributed by atoms with van der Waals surface area (Å²) in [5.74, 6) is -0.247. The molecule has 0 aliphatic heterocycles. The highest BCUT2D eigenvalue weighted by atomic mass is 16.5. The van der Waals surface area contributed by atoms with Crippen molar-refractivity contribution in [1.82, 2.24) is 4.90 Å². The molecular weight excluding hydrogens is 142 g/mol. The topological polar surface area (TPSA) is 29.5 Å². The Kier molecular flexibility index (Phi) is 5.47. The normalized spacial score (nSPS) is 9.73. The van der Waals surface area contributed by atoms with Gasteiger partial charge in [-0.05, 0) is 13.1 Å². The van der Waals surface area contributed by atoms with E-state index in [1.165, 1.54) is 0 Å². The second-order valence-electron chi connectivity index (χ2n) is 2.12. The van der Waals surface area contributed by atoms with Crippen molar-refractivity contribution in [2.45, 2.75) is 13.8 Å². The molecule has 0 saturated heterocycles. The lowest BCUT2D eigenvalue weighted by atomic mass is 10.5. The molecule has 3 nitrogen and oxygen atoms in total. The number of carbonyl (C=O) groups excluding carboxylic acids is 1. The largest absolute Gasteiger partial charge is 0.434 e. The maximum atomic E-state index is 10.8. The van der Waals surface area contributed by atoms with Gasteiger partial charge in [0.25, 0.3) is 0 Å². The Morgan fingerprint density at radius 1 is 1.55 bits per heavy atom. The average Bonchev–Trinajstić information content (AvgIpc) is 2.01. The molecule has 0 bridgehead atoms. The Morgan fingerprint density at radius 3 is 2.45 bits per heavy atom. The highest BCUT2D eigenvalue weighted by Gasteiger charge is 2.05. The van der Waals surface area contributed by atoms with Crippen LogP contribution in [0.1, 0.15) is 13.8 Å². The predicted molar refractivity (Wildman–Crippen MR) is 44.1 cm³/mol. The fraction of sp³-hybridized carbons (Fsp3) is 0.625. The fourth-order valence-corrected chi connectivity index (χ4v) is 0.760. The number of hydrogen-bond acceptors (Lipinski definition) is 3. The predicted octanol–water partition coefficient (Wildman–Crippen LogP) is 1.01. The molecule has 0 aliphatic carbocycles. The van der Waals surface area contributed by atoms with Gasteiger partial charge in [0, 0.05) is 0 Å². The van der Waals surface area contributed by atoms with Crippen LogP contribution in [0.15, 0.2) is 12.8 Å². The summed E-state index contributed by atoms with van der Waals surface area (Å²) in [6.45, 7) is 9.38. The molecule has 0 amide bonds. The van der Waals surface area contributed by atoms with Crippen LogP contribution < -0.4 is 0 Å². The number of nitrogens with zero attached hydrogens (tertiary/aromatic N) is 1. The molecule has 0 aliphatic rings. The van der Waals surface area contributed by atoms with Crippen molar-refractivity contribution in [3.05, 3.63) is 12.8 Å². The van der Waals surface area contributed by atoms with Crippen molar-refractivity contribution in [1.29, 1.82) is 0 Å². The molecule has 0 aromatic heterocycles. The number of likely N-dealkylation sites (N-methyl/N-ethyl adjacent to an activating group) is 1. The number of esters is 1. The second kappa shape index (κ2) is 5.92. The Balaban J connectivity index is 3.62. The van der Waals surface area contributed by atoms with Crippen LogP contribution in [-0.4, -0.2) is 30.5 Å². The van der Waals surface area contributed by atoms with Gasteiger partial charge in [-0.15, -0.1) is 0 Å². The summed E-state index contributed by atoms with van der Waals surface area (Å²) in [4.78, 5) is 12.8. The summed E-state index contributed by atoms with van der Waals surface area (Å²) in [5, 5.41) is 0. The molecule has 11 heavy (non-hydrogen) atoms. The van der Waals surface area contributed by atoms with Crippen LogP contribution in [0.25, 0.3) is 0 Å². The van der Waals surface area contributed by atoms with E-state index in [0.29, 0.717) is 6.54 Å². The molecule has 3 heteroatoms. The van der Waals surface area contributed by atoms with Gasteiger partial charge in [-0.1, -0.05) is 20.4 Å². The monoisotopic (exact) mass is 157 g/mol. The zero-order valence-electron chi connectivity index (χ0n) is 7.17. The third-order valence-corrected chi connectivity index (χ3v) is 1.46. The lowest BCUT2D eigenvalue weighted by Crippen LogP contribution is -2.29. The van der Waals surface area contributed by atoms with Gasteiger partial charge >= 0.3 is 5.97 Å². The van der Waals surface area contributed by atoms with Gasteiger partial charge in [0.05, 0.1) is 12.8 Å². The van der Waals surface area contributed by atoms with Crippen molar-refractivity contribution < 1.29 is 9.53 Å². The summed E-state index contributed by atoms with van der Waals surface area (Å²) in [6, 6.07) is 0. The Morgan fingerprint density at radius 2 is 2.09 bits per heavy atom. The summed E-state index contributed by atoms with van der Waals surface area (Å²) in [5.41, 5.74) is 0. The molecule has 0 rings (SSSR count). The maximum Gasteiger partial charge on any atom is 0.324 e. The molecule has 0 spiro atoms. The molecule has 0 N–H and O–H groups in total. The van der Waals surface area contributed by atoms with Crippen molar-refractivity contribution >= 4 is 5.97 Å². The van der Waals surface area contributed by atoms with Gasteiger partial charge in [0.1, 0.15) is 0 Å². The van der Waals surface area contributed by atoms with Crippen LogP contribution >= 0.6 is 0 Å². The van der Waals surface area contributed by atoms with Crippen LogP contribution in [0.3, 0.4) is 0 Å². The zero-order valence-corrected chi connectivity index (χ0v) is 7.17. The minimum atomic E-state index is -0.247. The molecule has 0 aromatic carbocycles. The summed E-state index contributed by atoms with van der Waals surface area (Å²) >= 11 is 0. The molecule has 0 atom stereocenters. The third-order valence-electron chi connectivity index (χ3n) is 1.46. The molecule has 0 heterocycles. The number of hydrogen-bond donors (Lipinski definition) is 0. The fourth-order valence-electron chi connectivity index (χ4n) is 0.760. The molecule has 0 aromatic rings. The Labute approximate surface area is 67.6 Å². The van der Waals surface area contributed by atoms with E-state index in [0.717, 1.165) is 19.4 Å². The van der Waals surface area contributed by atoms with Gasteiger partial charge in [-0.3, -0.25) is 9.69 Å². The van der Waals surface area contributed by atoms with E-state index in [1.54, 1.807) is 0 Å². The first-order valence-electron chi connectivity index (χ1n) is 3.77. The van der Waals surface area contributed by atoms with Gasteiger partial charge in [0.15, 0.2) is 0 Å². The first-order chi connectivity index (χ1) is 5.24. The minimum absolute atomic E-state index is 0.247. The van der Waals surface area contributed by atoms with E-state index in [1.807, 2.05) is 18.7 Å². The summed E-state index contributed by atoms with van der Waals surface area (Å²) < 4.78 is 4.56. The van der Waals surface area contributed by atoms with E-state index < -0.39 is 0 Å². The highest BCUT2D eigenvalue weighted by Crippen LogP contribution is 1.88. The SMILES string of the molecule is C=COC(=O)CN(CC)CC. The van der Waals surface area contributed by atoms with E-state index in [-0.39, 0.29) is 5.97 Å². The van der Waals surface area contributed by atoms with Crippen molar-refractivity contribution in [2.75, 3.05) is 19.6 Å². The first-order valence-corrected chi connectivity index (χ1v) is 3.77. The standard InChI is InChI=1S/C8H15NO2/c1-4-9(5-2)7-8(10)11-6-3/h6H,3-5,7H2,1-2H3. The zero-order chi connectivity index (χ0) is 8.69. The van der Waals surface area contributed by atoms with Crippen molar-refractivity contribution in [2.24, 2.45) is 0 Å². The summed E-state index contributed by atoms with van der Waals surface area (Å²) in [7, 11) is 0. The van der Waals surface area contributed by atoms with Crippen LogP contribution in [0, 0.1) is 0 Å². The molecule has 64 valence electrons. The van der Waals surface area contributed by atoms with E-state index >= 15 is 0 Å². The lowest BCUT2D eigenvalue weighted by Gasteiger charge is -2.15. The van der Waals surface area contributed by atoms with Crippen molar-refractivity contribution in [3.63, 3.8) is 0 Å². The van der Waals surface area contributed by atoms with E-state index in [2.05, 4.69) is 11.3 Å². The Bertz CT molecular complexity index is 130. The molecule has 0 unspecified atom stereocenters. The molecular formula is C8H15NO2. The molecule has 0 radical (unpaired) electrons. The second-order valence-corrected chi connectivity index (χ2v) is 2.12. The first kappa shape index (κ1) is 10.2. The lowest BCUT2D eigenvalue weighted by molar-refractivity contribution is -0.139. The van der Waals surface area contributed by atoms with Gasteiger partial charge in [0.2, 0.25) is 0 Å². The third kappa shape index (κ3) is 4.56. The number of ether oxygens (including phenoxy) is 1. The van der Waals surface area contributed by atoms with E-state index in [9.17, 15) is 4.79 Å². The Hall–Kier alpha value is -0.830. The molecule has 0 fully saturated rings. The van der Waals surface area contributed by atoms with Crippen molar-refractivity contribution in [3.8, 4) is 0 Å². The smallest absolute Gasteiger partial charge is 0.324 e. The summed E-state index contributed by atoms with van der Waals surface area (Å²) in [6.07, 6.45) is 1.16. The number of carbonyl (C=O) groups is 1. The quantitative estimate of drug-likeness (QED) is 0.440. The van der Waals surface area contributed by atoms with Crippen LogP contribution in [-0.2, 0) is 9.53 Å². The number of rotatable bonds is 5. The van der Waals surface area contributed by atoms with E-state index in [4.69, 9.17) is 0 Å². The maximum absolute atomic E-state index is 10.8. The van der Waals surface area contributed by atoms with Gasteiger partial charge < -0.3 is 4.74 Å².